The lowest BCUT2D eigenvalue weighted by Crippen LogP contribution is -2.32. The quantitative estimate of drug-likeness (QED) is 0.820. The highest BCUT2D eigenvalue weighted by Gasteiger charge is 2.42. The Morgan fingerprint density at radius 1 is 1.47 bits per heavy atom. The maximum atomic E-state index is 14.1. The number of methoxy groups -OCH3 is 1. The second-order valence-electron chi connectivity index (χ2n) is 4.81. The van der Waals surface area contributed by atoms with E-state index < -0.39 is 17.7 Å². The van der Waals surface area contributed by atoms with Crippen LogP contribution in [-0.4, -0.2) is 37.9 Å². The van der Waals surface area contributed by atoms with Crippen molar-refractivity contribution in [1.82, 2.24) is 5.32 Å². The van der Waals surface area contributed by atoms with Gasteiger partial charge in [-0.25, -0.2) is 4.39 Å². The third-order valence-corrected chi connectivity index (χ3v) is 3.15. The molecule has 0 amide bonds. The van der Waals surface area contributed by atoms with Crippen LogP contribution in [0.15, 0.2) is 30.3 Å². The second-order valence-corrected chi connectivity index (χ2v) is 4.81. The van der Waals surface area contributed by atoms with Crippen LogP contribution in [0.4, 0.5) is 4.39 Å². The number of rotatable bonds is 5. The summed E-state index contributed by atoms with van der Waals surface area (Å²) >= 11 is 0. The van der Waals surface area contributed by atoms with E-state index in [1.54, 1.807) is 0 Å². The first-order chi connectivity index (χ1) is 9.13. The number of hydrogen-bond acceptors (Lipinski definition) is 4. The van der Waals surface area contributed by atoms with E-state index in [9.17, 15) is 9.18 Å². The van der Waals surface area contributed by atoms with Crippen molar-refractivity contribution in [2.24, 2.45) is 0 Å². The molecule has 5 heteroatoms. The highest BCUT2D eigenvalue weighted by atomic mass is 19.1. The van der Waals surface area contributed by atoms with Crippen LogP contribution in [0.1, 0.15) is 12.0 Å². The third-order valence-electron chi connectivity index (χ3n) is 3.15. The molecule has 1 aromatic rings. The number of esters is 1. The molecule has 1 fully saturated rings. The molecule has 1 aliphatic heterocycles. The van der Waals surface area contributed by atoms with Crippen LogP contribution in [0, 0.1) is 0 Å². The van der Waals surface area contributed by atoms with Gasteiger partial charge in [-0.2, -0.15) is 0 Å². The summed E-state index contributed by atoms with van der Waals surface area (Å²) in [7, 11) is 1.45. The Morgan fingerprint density at radius 3 is 2.89 bits per heavy atom. The van der Waals surface area contributed by atoms with Gasteiger partial charge in [-0.3, -0.25) is 4.79 Å². The number of nitrogens with one attached hydrogen (secondary N) is 1. The number of ether oxygens (including phenoxy) is 2. The van der Waals surface area contributed by atoms with Crippen LogP contribution >= 0.6 is 0 Å². The highest BCUT2D eigenvalue weighted by molar-refractivity contribution is 5.76. The molecule has 4 nitrogen and oxygen atoms in total. The SMILES string of the molecule is COC[C@]1(F)CN[C@H](C(=O)OCc2ccccc2)C1. The Labute approximate surface area is 111 Å². The fourth-order valence-corrected chi connectivity index (χ4v) is 2.18. The average molecular weight is 267 g/mol. The van der Waals surface area contributed by atoms with Gasteiger partial charge in [0.2, 0.25) is 0 Å². The average Bonchev–Trinajstić information content (AvgIpc) is 2.80. The van der Waals surface area contributed by atoms with Crippen LogP contribution < -0.4 is 5.32 Å². The molecule has 0 radical (unpaired) electrons. The Bertz CT molecular complexity index is 426. The summed E-state index contributed by atoms with van der Waals surface area (Å²) in [6.45, 7) is 0.315. The molecular weight excluding hydrogens is 249 g/mol. The van der Waals surface area contributed by atoms with Gasteiger partial charge < -0.3 is 14.8 Å². The van der Waals surface area contributed by atoms with Crippen molar-refractivity contribution in [2.75, 3.05) is 20.3 Å². The number of halogens is 1. The van der Waals surface area contributed by atoms with Gasteiger partial charge in [0.15, 0.2) is 0 Å². The molecule has 2 atom stereocenters. The van der Waals surface area contributed by atoms with Crippen molar-refractivity contribution in [1.29, 1.82) is 0 Å². The Balaban J connectivity index is 1.82. The minimum absolute atomic E-state index is 0.0114. The van der Waals surface area contributed by atoms with Crippen LogP contribution in [0.5, 0.6) is 0 Å². The number of hydrogen-bond donors (Lipinski definition) is 1. The van der Waals surface area contributed by atoms with Gasteiger partial charge in [0.25, 0.3) is 0 Å². The van der Waals surface area contributed by atoms with E-state index in [0.29, 0.717) is 0 Å². The van der Waals surface area contributed by atoms with E-state index in [1.807, 2.05) is 30.3 Å². The predicted octanol–water partition coefficient (Wildman–Crippen LogP) is 1.45. The number of benzene rings is 1. The van der Waals surface area contributed by atoms with Crippen LogP contribution in [0.2, 0.25) is 0 Å². The van der Waals surface area contributed by atoms with E-state index in [4.69, 9.17) is 9.47 Å². The number of carbonyl (C=O) groups excluding carboxylic acids is 1. The molecule has 1 N–H and O–H groups in total. The van der Waals surface area contributed by atoms with Gasteiger partial charge in [0.05, 0.1) is 6.61 Å². The van der Waals surface area contributed by atoms with E-state index in [2.05, 4.69) is 5.32 Å². The monoisotopic (exact) mass is 267 g/mol. The maximum Gasteiger partial charge on any atom is 0.323 e. The Kier molecular flexibility index (Phi) is 4.50. The van der Waals surface area contributed by atoms with E-state index >= 15 is 0 Å². The zero-order valence-electron chi connectivity index (χ0n) is 10.9. The lowest BCUT2D eigenvalue weighted by molar-refractivity contribution is -0.147. The van der Waals surface area contributed by atoms with Crippen LogP contribution in [0.25, 0.3) is 0 Å². The number of alkyl halides is 1. The Hall–Kier alpha value is -1.46. The minimum Gasteiger partial charge on any atom is -0.460 e. The molecule has 1 aromatic carbocycles. The fraction of sp³-hybridized carbons (Fsp3) is 0.500. The fourth-order valence-electron chi connectivity index (χ4n) is 2.18. The van der Waals surface area contributed by atoms with Gasteiger partial charge in [0, 0.05) is 20.1 Å². The largest absolute Gasteiger partial charge is 0.460 e. The van der Waals surface area contributed by atoms with E-state index in [0.717, 1.165) is 5.56 Å². The van der Waals surface area contributed by atoms with Gasteiger partial charge in [-0.15, -0.1) is 0 Å². The van der Waals surface area contributed by atoms with Crippen molar-refractivity contribution < 1.29 is 18.7 Å². The maximum absolute atomic E-state index is 14.1. The summed E-state index contributed by atoms with van der Waals surface area (Å²) in [5.41, 5.74) is -0.567. The third kappa shape index (κ3) is 3.75. The molecule has 0 bridgehead atoms. The molecular formula is C14H18FNO3. The Morgan fingerprint density at radius 2 is 2.21 bits per heavy atom. The molecule has 19 heavy (non-hydrogen) atoms. The van der Waals surface area contributed by atoms with Crippen molar-refractivity contribution in [2.45, 2.75) is 24.7 Å². The summed E-state index contributed by atoms with van der Waals surface area (Å²) in [6.07, 6.45) is 0.0917. The summed E-state index contributed by atoms with van der Waals surface area (Å²) in [5, 5.41) is 2.84. The van der Waals surface area contributed by atoms with Crippen molar-refractivity contribution in [3.8, 4) is 0 Å². The molecule has 2 rings (SSSR count). The molecule has 0 aromatic heterocycles. The van der Waals surface area contributed by atoms with Crippen LogP contribution in [-0.2, 0) is 20.9 Å². The summed E-state index contributed by atoms with van der Waals surface area (Å²) in [4.78, 5) is 11.8. The topological polar surface area (TPSA) is 47.6 Å². The van der Waals surface area contributed by atoms with Gasteiger partial charge >= 0.3 is 5.97 Å². The van der Waals surface area contributed by atoms with Crippen molar-refractivity contribution in [3.63, 3.8) is 0 Å². The van der Waals surface area contributed by atoms with Crippen LogP contribution in [0.3, 0.4) is 0 Å². The summed E-state index contributed by atoms with van der Waals surface area (Å²) in [5.74, 6) is -0.417. The highest BCUT2D eigenvalue weighted by Crippen LogP contribution is 2.25. The first-order valence-corrected chi connectivity index (χ1v) is 6.25. The zero-order valence-corrected chi connectivity index (χ0v) is 10.9. The number of carbonyl (C=O) groups is 1. The zero-order chi connectivity index (χ0) is 13.7. The second kappa shape index (κ2) is 6.12. The molecule has 0 unspecified atom stereocenters. The minimum atomic E-state index is -1.48. The molecule has 0 spiro atoms. The molecule has 1 saturated heterocycles. The summed E-state index contributed by atoms with van der Waals surface area (Å²) in [6, 6.07) is 8.81. The lowest BCUT2D eigenvalue weighted by atomic mass is 10.0. The van der Waals surface area contributed by atoms with Gasteiger partial charge in [0.1, 0.15) is 18.3 Å². The van der Waals surface area contributed by atoms with E-state index in [1.165, 1.54) is 7.11 Å². The van der Waals surface area contributed by atoms with E-state index in [-0.39, 0.29) is 26.2 Å². The first kappa shape index (κ1) is 14.0. The standard InChI is InChI=1S/C14H18FNO3/c1-18-10-14(15)7-12(16-9-14)13(17)19-8-11-5-3-2-4-6-11/h2-6,12,16H,7-10H2,1H3/t12-,14+/m0/s1. The van der Waals surface area contributed by atoms with Crippen molar-refractivity contribution >= 4 is 5.97 Å². The normalized spacial score (nSPS) is 26.3. The molecule has 1 heterocycles. The molecule has 104 valence electrons. The van der Waals surface area contributed by atoms with Crippen molar-refractivity contribution in [3.05, 3.63) is 35.9 Å². The molecule has 0 saturated carbocycles. The van der Waals surface area contributed by atoms with Gasteiger partial charge in [-0.05, 0) is 5.56 Å². The predicted molar refractivity (Wildman–Crippen MR) is 68.4 cm³/mol. The summed E-state index contributed by atoms with van der Waals surface area (Å²) < 4.78 is 24.1. The first-order valence-electron chi connectivity index (χ1n) is 6.25. The molecule has 0 aliphatic carbocycles. The lowest BCUT2D eigenvalue weighted by Gasteiger charge is -2.16. The molecule has 1 aliphatic rings. The smallest absolute Gasteiger partial charge is 0.323 e. The van der Waals surface area contributed by atoms with Gasteiger partial charge in [-0.1, -0.05) is 30.3 Å².